The molecule has 1 fully saturated rings. The van der Waals surface area contributed by atoms with E-state index in [1.165, 1.54) is 6.07 Å². The smallest absolute Gasteiger partial charge is 0.227 e. The minimum Gasteiger partial charge on any atom is -0.368 e. The molecule has 1 N–H and O–H groups in total. The number of para-hydroxylation sites is 1. The Morgan fingerprint density at radius 2 is 1.71 bits per heavy atom. The third-order valence-corrected chi connectivity index (χ3v) is 4.03. The van der Waals surface area contributed by atoms with Crippen molar-refractivity contribution in [1.29, 1.82) is 0 Å². The van der Waals surface area contributed by atoms with Crippen molar-refractivity contribution in [1.82, 2.24) is 9.97 Å². The Labute approximate surface area is 142 Å². The summed E-state index contributed by atoms with van der Waals surface area (Å²) in [5, 5.41) is 3.33. The van der Waals surface area contributed by atoms with E-state index >= 15 is 0 Å². The highest BCUT2D eigenvalue weighted by Crippen LogP contribution is 2.22. The van der Waals surface area contributed by atoms with E-state index in [1.54, 1.807) is 6.07 Å². The molecule has 1 aliphatic rings. The number of benzene rings is 1. The average molecular weight is 329 g/mol. The van der Waals surface area contributed by atoms with E-state index in [9.17, 15) is 4.39 Å². The Bertz CT molecular complexity index is 696. The van der Waals surface area contributed by atoms with E-state index in [2.05, 4.69) is 38.9 Å². The summed E-state index contributed by atoms with van der Waals surface area (Å²) in [5.41, 5.74) is 1.61. The molecule has 1 aromatic heterocycles. The van der Waals surface area contributed by atoms with E-state index in [-0.39, 0.29) is 5.82 Å². The van der Waals surface area contributed by atoms with Gasteiger partial charge >= 0.3 is 0 Å². The minimum atomic E-state index is -0.166. The molecule has 5 nitrogen and oxygen atoms in total. The largest absolute Gasteiger partial charge is 0.368 e. The topological polar surface area (TPSA) is 44.3 Å². The van der Waals surface area contributed by atoms with Crippen LogP contribution in [0.4, 0.5) is 21.8 Å². The monoisotopic (exact) mass is 329 g/mol. The molecule has 2 heterocycles. The lowest BCUT2D eigenvalue weighted by molar-refractivity contribution is 0.594. The van der Waals surface area contributed by atoms with Gasteiger partial charge in [-0.2, -0.15) is 4.98 Å². The van der Waals surface area contributed by atoms with Gasteiger partial charge in [0.15, 0.2) is 0 Å². The third kappa shape index (κ3) is 3.75. The summed E-state index contributed by atoms with van der Waals surface area (Å²) >= 11 is 0. The summed E-state index contributed by atoms with van der Waals surface area (Å²) in [6.45, 7) is 9.22. The van der Waals surface area contributed by atoms with Crippen molar-refractivity contribution in [2.45, 2.75) is 26.8 Å². The maximum atomic E-state index is 13.9. The standard InChI is InChI=1S/C18H24FN5/c1-13(2)20-17-12-14(3)21-18(22-17)24-10-8-23(9-11-24)16-7-5-4-6-15(16)19/h4-7,12-13H,8-11H2,1-3H3,(H,20,21,22). The molecule has 1 aliphatic heterocycles. The molecule has 0 spiro atoms. The van der Waals surface area contributed by atoms with Gasteiger partial charge in [-0.3, -0.25) is 0 Å². The van der Waals surface area contributed by atoms with E-state index in [4.69, 9.17) is 0 Å². The third-order valence-electron chi connectivity index (χ3n) is 4.03. The maximum Gasteiger partial charge on any atom is 0.227 e. The Morgan fingerprint density at radius 1 is 1.04 bits per heavy atom. The quantitative estimate of drug-likeness (QED) is 0.934. The average Bonchev–Trinajstić information content (AvgIpc) is 2.54. The minimum absolute atomic E-state index is 0.166. The van der Waals surface area contributed by atoms with Crippen molar-refractivity contribution in [2.24, 2.45) is 0 Å². The number of rotatable bonds is 4. The Balaban J connectivity index is 1.71. The number of aryl methyl sites for hydroxylation is 1. The van der Waals surface area contributed by atoms with Gasteiger partial charge in [-0.05, 0) is 32.9 Å². The summed E-state index contributed by atoms with van der Waals surface area (Å²) in [4.78, 5) is 13.4. The van der Waals surface area contributed by atoms with Gasteiger partial charge in [0.1, 0.15) is 11.6 Å². The molecule has 1 aromatic carbocycles. The zero-order valence-corrected chi connectivity index (χ0v) is 14.5. The first-order chi connectivity index (χ1) is 11.5. The number of nitrogens with zero attached hydrogens (tertiary/aromatic N) is 4. The van der Waals surface area contributed by atoms with Gasteiger partial charge in [0.2, 0.25) is 5.95 Å². The highest BCUT2D eigenvalue weighted by atomic mass is 19.1. The van der Waals surface area contributed by atoms with Crippen LogP contribution in [0.5, 0.6) is 0 Å². The molecule has 0 aliphatic carbocycles. The molecule has 6 heteroatoms. The zero-order valence-electron chi connectivity index (χ0n) is 14.5. The fraction of sp³-hybridized carbons (Fsp3) is 0.444. The molecule has 0 amide bonds. The molecule has 1 saturated heterocycles. The Kier molecular flexibility index (Phi) is 4.83. The van der Waals surface area contributed by atoms with E-state index < -0.39 is 0 Å². The second-order valence-corrected chi connectivity index (χ2v) is 6.42. The van der Waals surface area contributed by atoms with Crippen LogP contribution in [-0.4, -0.2) is 42.2 Å². The van der Waals surface area contributed by atoms with Crippen LogP contribution in [-0.2, 0) is 0 Å². The zero-order chi connectivity index (χ0) is 17.1. The molecule has 128 valence electrons. The van der Waals surface area contributed by atoms with Gasteiger partial charge in [0.05, 0.1) is 5.69 Å². The molecule has 24 heavy (non-hydrogen) atoms. The van der Waals surface area contributed by atoms with Crippen molar-refractivity contribution in [3.63, 3.8) is 0 Å². The number of hydrogen-bond donors (Lipinski definition) is 1. The second-order valence-electron chi connectivity index (χ2n) is 6.42. The van der Waals surface area contributed by atoms with Crippen LogP contribution >= 0.6 is 0 Å². The second kappa shape index (κ2) is 7.03. The number of piperazine rings is 1. The number of anilines is 3. The lowest BCUT2D eigenvalue weighted by Crippen LogP contribution is -2.47. The molecule has 3 rings (SSSR count). The van der Waals surface area contributed by atoms with Crippen LogP contribution in [0.1, 0.15) is 19.5 Å². The lowest BCUT2D eigenvalue weighted by Gasteiger charge is -2.36. The first-order valence-electron chi connectivity index (χ1n) is 8.39. The van der Waals surface area contributed by atoms with Gasteiger partial charge in [-0.25, -0.2) is 9.37 Å². The van der Waals surface area contributed by atoms with Gasteiger partial charge in [-0.15, -0.1) is 0 Å². The molecule has 2 aromatic rings. The van der Waals surface area contributed by atoms with Crippen LogP contribution < -0.4 is 15.1 Å². The fourth-order valence-electron chi connectivity index (χ4n) is 2.92. The summed E-state index contributed by atoms with van der Waals surface area (Å²) in [6, 6.07) is 9.22. The van der Waals surface area contributed by atoms with E-state index in [1.807, 2.05) is 25.1 Å². The van der Waals surface area contributed by atoms with Crippen LogP contribution in [0, 0.1) is 12.7 Å². The van der Waals surface area contributed by atoms with Crippen molar-refractivity contribution < 1.29 is 4.39 Å². The van der Waals surface area contributed by atoms with Crippen LogP contribution in [0.25, 0.3) is 0 Å². The lowest BCUT2D eigenvalue weighted by atomic mass is 10.2. The van der Waals surface area contributed by atoms with Crippen molar-refractivity contribution in [3.05, 3.63) is 41.8 Å². The summed E-state index contributed by atoms with van der Waals surface area (Å²) in [7, 11) is 0. The maximum absolute atomic E-state index is 13.9. The van der Waals surface area contributed by atoms with Gasteiger partial charge < -0.3 is 15.1 Å². The first kappa shape index (κ1) is 16.5. The molecule has 0 atom stereocenters. The number of aromatic nitrogens is 2. The normalized spacial score (nSPS) is 15.0. The number of nitrogens with one attached hydrogen (secondary N) is 1. The van der Waals surface area contributed by atoms with Crippen LogP contribution in [0.2, 0.25) is 0 Å². The first-order valence-corrected chi connectivity index (χ1v) is 8.39. The summed E-state index contributed by atoms with van der Waals surface area (Å²) < 4.78 is 13.9. The highest BCUT2D eigenvalue weighted by molar-refractivity contribution is 5.50. The van der Waals surface area contributed by atoms with Crippen LogP contribution in [0.15, 0.2) is 30.3 Å². The predicted molar refractivity (Wildman–Crippen MR) is 96.4 cm³/mol. The van der Waals surface area contributed by atoms with Crippen molar-refractivity contribution >= 4 is 17.5 Å². The summed E-state index contributed by atoms with van der Waals surface area (Å²) in [5.74, 6) is 1.43. The molecular formula is C18H24FN5. The van der Waals surface area contributed by atoms with Gasteiger partial charge in [-0.1, -0.05) is 12.1 Å². The summed E-state index contributed by atoms with van der Waals surface area (Å²) in [6.07, 6.45) is 0. The number of halogens is 1. The SMILES string of the molecule is Cc1cc(NC(C)C)nc(N2CCN(c3ccccc3F)CC2)n1. The molecule has 0 unspecified atom stereocenters. The van der Waals surface area contributed by atoms with Gasteiger partial charge in [0, 0.05) is 44.0 Å². The molecule has 0 radical (unpaired) electrons. The Hall–Kier alpha value is -2.37. The molecule has 0 saturated carbocycles. The van der Waals surface area contributed by atoms with Gasteiger partial charge in [0.25, 0.3) is 0 Å². The predicted octanol–water partition coefficient (Wildman–Crippen LogP) is 3.07. The van der Waals surface area contributed by atoms with Crippen molar-refractivity contribution in [3.8, 4) is 0 Å². The fourth-order valence-corrected chi connectivity index (χ4v) is 2.92. The van der Waals surface area contributed by atoms with E-state index in [0.29, 0.717) is 11.7 Å². The number of hydrogen-bond acceptors (Lipinski definition) is 5. The van der Waals surface area contributed by atoms with Crippen LogP contribution in [0.3, 0.4) is 0 Å². The molecule has 0 bridgehead atoms. The Morgan fingerprint density at radius 3 is 2.38 bits per heavy atom. The molecular weight excluding hydrogens is 305 g/mol. The van der Waals surface area contributed by atoms with E-state index in [0.717, 1.165) is 43.6 Å². The highest BCUT2D eigenvalue weighted by Gasteiger charge is 2.21. The van der Waals surface area contributed by atoms with Crippen molar-refractivity contribution in [2.75, 3.05) is 41.3 Å².